The molecule has 10 heteroatoms. The van der Waals surface area contributed by atoms with Crippen molar-refractivity contribution in [3.63, 3.8) is 0 Å². The fourth-order valence-electron chi connectivity index (χ4n) is 3.17. The fraction of sp³-hybridized carbons (Fsp3) is 0.375. The predicted octanol–water partition coefficient (Wildman–Crippen LogP) is 3.38. The molecule has 0 aliphatic heterocycles. The number of amides is 2. The second kappa shape index (κ2) is 10.3. The van der Waals surface area contributed by atoms with Crippen LogP contribution in [0, 0.1) is 6.92 Å². The highest BCUT2D eigenvalue weighted by molar-refractivity contribution is 5.93. The summed E-state index contributed by atoms with van der Waals surface area (Å²) in [5.41, 5.74) is 1.10. The Balaban J connectivity index is 1.67. The zero-order valence-corrected chi connectivity index (χ0v) is 20.0. The van der Waals surface area contributed by atoms with Gasteiger partial charge in [-0.25, -0.2) is 9.59 Å². The van der Waals surface area contributed by atoms with Gasteiger partial charge in [0, 0.05) is 44.6 Å². The van der Waals surface area contributed by atoms with E-state index in [0.717, 1.165) is 5.56 Å². The van der Waals surface area contributed by atoms with Crippen molar-refractivity contribution < 1.29 is 18.7 Å². The quantitative estimate of drug-likeness (QED) is 0.541. The molecule has 3 aromatic rings. The number of hydrogen-bond donors (Lipinski definition) is 2. The van der Waals surface area contributed by atoms with Gasteiger partial charge in [-0.05, 0) is 63.1 Å². The zero-order chi connectivity index (χ0) is 24.9. The van der Waals surface area contributed by atoms with Crippen LogP contribution in [-0.2, 0) is 16.1 Å². The number of ether oxygens (including phenoxy) is 1. The number of carbonyl (C=O) groups is 2. The average molecular weight is 468 g/mol. The van der Waals surface area contributed by atoms with Gasteiger partial charge in [0.1, 0.15) is 5.60 Å². The Morgan fingerprint density at radius 2 is 1.85 bits per heavy atom. The molecule has 0 unspecified atom stereocenters. The maximum absolute atomic E-state index is 12.7. The van der Waals surface area contributed by atoms with Crippen LogP contribution in [0.15, 0.2) is 45.9 Å². The minimum Gasteiger partial charge on any atom is -0.444 e. The molecule has 2 heterocycles. The van der Waals surface area contributed by atoms with Crippen LogP contribution in [-0.4, -0.2) is 41.2 Å². The first-order valence-corrected chi connectivity index (χ1v) is 10.8. The molecule has 0 bridgehead atoms. The van der Waals surface area contributed by atoms with Crippen molar-refractivity contribution in [2.45, 2.75) is 46.3 Å². The summed E-state index contributed by atoms with van der Waals surface area (Å²) in [7, 11) is 1.69. The number of hydrogen-bond acceptors (Lipinski definition) is 8. The van der Waals surface area contributed by atoms with Gasteiger partial charge < -0.3 is 19.4 Å². The molecule has 10 nitrogen and oxygen atoms in total. The van der Waals surface area contributed by atoms with Crippen molar-refractivity contribution in [1.82, 2.24) is 15.3 Å². The van der Waals surface area contributed by atoms with Crippen molar-refractivity contribution in [1.29, 1.82) is 0 Å². The number of aryl methyl sites for hydroxylation is 1. The van der Waals surface area contributed by atoms with E-state index in [9.17, 15) is 14.4 Å². The zero-order valence-electron chi connectivity index (χ0n) is 20.0. The normalized spacial score (nSPS) is 11.2. The molecule has 0 saturated heterocycles. The number of benzene rings is 1. The van der Waals surface area contributed by atoms with Crippen LogP contribution < -0.4 is 21.2 Å². The lowest BCUT2D eigenvalue weighted by Gasteiger charge is -2.20. The Morgan fingerprint density at radius 3 is 2.53 bits per heavy atom. The van der Waals surface area contributed by atoms with Crippen LogP contribution >= 0.6 is 0 Å². The highest BCUT2D eigenvalue weighted by Crippen LogP contribution is 2.24. The van der Waals surface area contributed by atoms with E-state index in [4.69, 9.17) is 9.15 Å². The molecule has 2 N–H and O–H groups in total. The largest absolute Gasteiger partial charge is 0.444 e. The number of nitrogens with zero attached hydrogens (tertiary/aromatic N) is 3. The molecule has 34 heavy (non-hydrogen) atoms. The van der Waals surface area contributed by atoms with Crippen LogP contribution in [0.25, 0.3) is 10.9 Å². The maximum atomic E-state index is 12.7. The summed E-state index contributed by atoms with van der Waals surface area (Å²) in [6, 6.07) is 7.05. The summed E-state index contributed by atoms with van der Waals surface area (Å²) >= 11 is 0. The Morgan fingerprint density at radius 1 is 1.15 bits per heavy atom. The Hall–Kier alpha value is -3.95. The number of carbonyl (C=O) groups excluding carboxylic acids is 2. The molecule has 180 valence electrons. The van der Waals surface area contributed by atoms with Gasteiger partial charge in [0.2, 0.25) is 5.91 Å². The Bertz CT molecular complexity index is 1230. The van der Waals surface area contributed by atoms with E-state index in [1.54, 1.807) is 64.2 Å². The number of fused-ring (bicyclic) bond motifs is 1. The lowest BCUT2D eigenvalue weighted by molar-refractivity contribution is -0.121. The lowest BCUT2D eigenvalue weighted by Crippen LogP contribution is -2.29. The minimum atomic E-state index is -0.648. The summed E-state index contributed by atoms with van der Waals surface area (Å²) in [5, 5.41) is 5.76. The highest BCUT2D eigenvalue weighted by Gasteiger charge is 2.19. The molecule has 3 rings (SSSR count). The molecule has 2 amide bonds. The van der Waals surface area contributed by atoms with Gasteiger partial charge in [-0.1, -0.05) is 0 Å². The average Bonchev–Trinajstić information content (AvgIpc) is 2.77. The van der Waals surface area contributed by atoms with E-state index in [2.05, 4.69) is 20.6 Å². The number of pyridine rings is 1. The summed E-state index contributed by atoms with van der Waals surface area (Å²) in [4.78, 5) is 47.0. The Labute approximate surface area is 197 Å². The molecule has 0 aliphatic carbocycles. The molecule has 0 aliphatic rings. The summed E-state index contributed by atoms with van der Waals surface area (Å²) in [6.07, 6.45) is 2.91. The first-order chi connectivity index (χ1) is 16.0. The van der Waals surface area contributed by atoms with E-state index in [1.165, 1.54) is 0 Å². The van der Waals surface area contributed by atoms with Crippen LogP contribution in [0.3, 0.4) is 0 Å². The first-order valence-electron chi connectivity index (χ1n) is 10.8. The molecule has 0 spiro atoms. The van der Waals surface area contributed by atoms with E-state index in [0.29, 0.717) is 29.9 Å². The smallest absolute Gasteiger partial charge is 0.412 e. The second-order valence-corrected chi connectivity index (χ2v) is 8.85. The fourth-order valence-corrected chi connectivity index (χ4v) is 3.17. The molecule has 0 radical (unpaired) electrons. The molecule has 2 aromatic heterocycles. The van der Waals surface area contributed by atoms with Crippen molar-refractivity contribution in [3.8, 4) is 0 Å². The molecular weight excluding hydrogens is 438 g/mol. The van der Waals surface area contributed by atoms with Gasteiger partial charge in [-0.2, -0.15) is 4.98 Å². The first kappa shape index (κ1) is 24.7. The van der Waals surface area contributed by atoms with Gasteiger partial charge in [0.25, 0.3) is 6.01 Å². The monoisotopic (exact) mass is 467 g/mol. The van der Waals surface area contributed by atoms with Crippen molar-refractivity contribution >= 4 is 34.6 Å². The lowest BCUT2D eigenvalue weighted by atomic mass is 10.1. The third kappa shape index (κ3) is 6.53. The van der Waals surface area contributed by atoms with Crippen LogP contribution in [0.4, 0.5) is 16.5 Å². The van der Waals surface area contributed by atoms with Gasteiger partial charge in [0.15, 0.2) is 0 Å². The van der Waals surface area contributed by atoms with Crippen LogP contribution in [0.5, 0.6) is 0 Å². The van der Waals surface area contributed by atoms with Crippen molar-refractivity contribution in [2.75, 3.05) is 23.8 Å². The number of rotatable bonds is 7. The van der Waals surface area contributed by atoms with Gasteiger partial charge in [-0.15, -0.1) is 0 Å². The SMILES string of the molecule is Cc1c(NC(=O)OC(C)(C)C)ccc2nc(N(C)CCC(=O)NCc3ccncc3)oc(=O)c12. The minimum absolute atomic E-state index is 0.103. The number of anilines is 2. The topological polar surface area (TPSA) is 127 Å². The molecule has 0 saturated carbocycles. The number of aromatic nitrogens is 2. The van der Waals surface area contributed by atoms with Crippen molar-refractivity contribution in [3.05, 3.63) is 58.2 Å². The third-order valence-corrected chi connectivity index (χ3v) is 4.92. The van der Waals surface area contributed by atoms with Gasteiger partial charge in [0.05, 0.1) is 10.9 Å². The van der Waals surface area contributed by atoms with Crippen molar-refractivity contribution in [2.24, 2.45) is 0 Å². The molecular formula is C24H29N5O5. The van der Waals surface area contributed by atoms with Crippen LogP contribution in [0.1, 0.15) is 38.3 Å². The standard InChI is InChI=1S/C24H29N5O5/c1-15-17(28-23(32)34-24(2,3)4)6-7-18-20(15)21(31)33-22(27-18)29(5)13-10-19(30)26-14-16-8-11-25-12-9-16/h6-9,11-12H,10,13-14H2,1-5H3,(H,26,30)(H,28,32). The van der Waals surface area contributed by atoms with E-state index in [1.807, 2.05) is 12.1 Å². The maximum Gasteiger partial charge on any atom is 0.412 e. The predicted molar refractivity (Wildman–Crippen MR) is 129 cm³/mol. The summed E-state index contributed by atoms with van der Waals surface area (Å²) in [6.45, 7) is 7.71. The highest BCUT2D eigenvalue weighted by atomic mass is 16.6. The van der Waals surface area contributed by atoms with E-state index < -0.39 is 17.3 Å². The van der Waals surface area contributed by atoms with E-state index in [-0.39, 0.29) is 23.7 Å². The number of nitrogens with one attached hydrogen (secondary N) is 2. The molecule has 0 atom stereocenters. The summed E-state index contributed by atoms with van der Waals surface area (Å²) in [5.74, 6) is -0.138. The van der Waals surface area contributed by atoms with Crippen LogP contribution in [0.2, 0.25) is 0 Å². The van der Waals surface area contributed by atoms with E-state index >= 15 is 0 Å². The Kier molecular flexibility index (Phi) is 7.50. The molecule has 1 aromatic carbocycles. The molecule has 0 fully saturated rings. The summed E-state index contributed by atoms with van der Waals surface area (Å²) < 4.78 is 10.7. The van der Waals surface area contributed by atoms with Gasteiger partial charge in [-0.3, -0.25) is 15.1 Å². The second-order valence-electron chi connectivity index (χ2n) is 8.85. The third-order valence-electron chi connectivity index (χ3n) is 4.92. The van der Waals surface area contributed by atoms with Gasteiger partial charge >= 0.3 is 11.7 Å².